The topological polar surface area (TPSA) is 21.3 Å². The molecule has 21 heavy (non-hydrogen) atoms. The van der Waals surface area contributed by atoms with Gasteiger partial charge in [-0.3, -0.25) is 0 Å². The van der Waals surface area contributed by atoms with Crippen LogP contribution >= 0.6 is 11.3 Å². The molecule has 3 rings (SSSR count). The lowest BCUT2D eigenvalue weighted by Gasteiger charge is -2.20. The SMILES string of the molecule is CCNCCC(Oc1cccc2c1CC=C2)c1cccs1. The molecular formula is C18H21NOS. The summed E-state index contributed by atoms with van der Waals surface area (Å²) in [5, 5.41) is 5.51. The Balaban J connectivity index is 1.77. The van der Waals surface area contributed by atoms with Crippen molar-refractivity contribution in [3.8, 4) is 5.75 Å². The largest absolute Gasteiger partial charge is 0.485 e. The maximum absolute atomic E-state index is 6.38. The molecule has 3 heteroatoms. The van der Waals surface area contributed by atoms with Gasteiger partial charge in [0.25, 0.3) is 0 Å². The first-order chi connectivity index (χ1) is 10.4. The maximum Gasteiger partial charge on any atom is 0.134 e. The minimum absolute atomic E-state index is 0.135. The molecule has 110 valence electrons. The van der Waals surface area contributed by atoms with Gasteiger partial charge in [-0.05, 0) is 42.6 Å². The van der Waals surface area contributed by atoms with Gasteiger partial charge in [0.05, 0.1) is 0 Å². The van der Waals surface area contributed by atoms with Gasteiger partial charge in [0.1, 0.15) is 11.9 Å². The second kappa shape index (κ2) is 6.92. The number of nitrogens with one attached hydrogen (secondary N) is 1. The lowest BCUT2D eigenvalue weighted by atomic mass is 10.1. The van der Waals surface area contributed by atoms with E-state index in [-0.39, 0.29) is 6.10 Å². The van der Waals surface area contributed by atoms with E-state index in [0.717, 1.165) is 31.7 Å². The van der Waals surface area contributed by atoms with Crippen LogP contribution in [0.4, 0.5) is 0 Å². The van der Waals surface area contributed by atoms with E-state index >= 15 is 0 Å². The van der Waals surface area contributed by atoms with Crippen LogP contribution in [0.2, 0.25) is 0 Å². The van der Waals surface area contributed by atoms with Crippen molar-refractivity contribution in [2.45, 2.75) is 25.9 Å². The molecule has 0 saturated carbocycles. The van der Waals surface area contributed by atoms with E-state index < -0.39 is 0 Å². The third kappa shape index (κ3) is 3.36. The lowest BCUT2D eigenvalue weighted by Crippen LogP contribution is -2.19. The predicted octanol–water partition coefficient (Wildman–Crippen LogP) is 4.44. The zero-order valence-electron chi connectivity index (χ0n) is 12.3. The molecule has 1 atom stereocenters. The summed E-state index contributed by atoms with van der Waals surface area (Å²) in [6.07, 6.45) is 6.50. The molecule has 1 aliphatic carbocycles. The molecule has 1 aliphatic rings. The second-order valence-electron chi connectivity index (χ2n) is 5.19. The van der Waals surface area contributed by atoms with Crippen LogP contribution in [0.25, 0.3) is 6.08 Å². The quantitative estimate of drug-likeness (QED) is 0.763. The van der Waals surface area contributed by atoms with E-state index in [2.05, 4.69) is 60.1 Å². The normalized spacial score (nSPS) is 14.1. The van der Waals surface area contributed by atoms with Crippen LogP contribution in [0, 0.1) is 0 Å². The van der Waals surface area contributed by atoms with Gasteiger partial charge in [0.15, 0.2) is 0 Å². The standard InChI is InChI=1S/C18H21NOS/c1-2-19-12-11-17(18-10-5-13-21-18)20-16-9-4-7-14-6-3-8-15(14)16/h3-7,9-10,13,17,19H,2,8,11-12H2,1H3. The highest BCUT2D eigenvalue weighted by molar-refractivity contribution is 7.10. The first kappa shape index (κ1) is 14.4. The summed E-state index contributed by atoms with van der Waals surface area (Å²) < 4.78 is 6.38. The smallest absolute Gasteiger partial charge is 0.134 e. The zero-order valence-corrected chi connectivity index (χ0v) is 13.2. The van der Waals surface area contributed by atoms with Crippen LogP contribution in [0.3, 0.4) is 0 Å². The number of thiophene rings is 1. The van der Waals surface area contributed by atoms with Crippen LogP contribution in [0.5, 0.6) is 5.75 Å². The Morgan fingerprint density at radius 1 is 1.29 bits per heavy atom. The number of allylic oxidation sites excluding steroid dienone is 1. The molecule has 2 nitrogen and oxygen atoms in total. The van der Waals surface area contributed by atoms with Crippen molar-refractivity contribution in [3.05, 3.63) is 57.8 Å². The van der Waals surface area contributed by atoms with Gasteiger partial charge in [0, 0.05) is 16.9 Å². The van der Waals surface area contributed by atoms with Crippen molar-refractivity contribution in [1.82, 2.24) is 5.32 Å². The van der Waals surface area contributed by atoms with E-state index in [1.165, 1.54) is 16.0 Å². The van der Waals surface area contributed by atoms with Crippen LogP contribution in [-0.4, -0.2) is 13.1 Å². The van der Waals surface area contributed by atoms with E-state index in [1.54, 1.807) is 11.3 Å². The van der Waals surface area contributed by atoms with Crippen LogP contribution in [0.15, 0.2) is 41.8 Å². The summed E-state index contributed by atoms with van der Waals surface area (Å²) in [7, 11) is 0. The van der Waals surface area contributed by atoms with Gasteiger partial charge >= 0.3 is 0 Å². The Morgan fingerprint density at radius 3 is 3.05 bits per heavy atom. The number of ether oxygens (including phenoxy) is 1. The summed E-state index contributed by atoms with van der Waals surface area (Å²) in [5.74, 6) is 1.03. The molecule has 1 N–H and O–H groups in total. The third-order valence-electron chi connectivity index (χ3n) is 3.75. The molecule has 1 heterocycles. The highest BCUT2D eigenvalue weighted by Gasteiger charge is 2.18. The van der Waals surface area contributed by atoms with Crippen molar-refractivity contribution in [1.29, 1.82) is 0 Å². The molecule has 0 bridgehead atoms. The van der Waals surface area contributed by atoms with Crippen molar-refractivity contribution in [3.63, 3.8) is 0 Å². The lowest BCUT2D eigenvalue weighted by molar-refractivity contribution is 0.196. The summed E-state index contributed by atoms with van der Waals surface area (Å²) >= 11 is 1.77. The molecule has 0 radical (unpaired) electrons. The Morgan fingerprint density at radius 2 is 2.24 bits per heavy atom. The molecule has 1 aromatic carbocycles. The number of hydrogen-bond acceptors (Lipinski definition) is 3. The highest BCUT2D eigenvalue weighted by Crippen LogP contribution is 2.34. The first-order valence-corrected chi connectivity index (χ1v) is 8.45. The average molecular weight is 299 g/mol. The molecule has 0 spiro atoms. The van der Waals surface area contributed by atoms with Crippen LogP contribution < -0.4 is 10.1 Å². The van der Waals surface area contributed by atoms with E-state index in [0.29, 0.717) is 0 Å². The minimum Gasteiger partial charge on any atom is -0.485 e. The fraction of sp³-hybridized carbons (Fsp3) is 0.333. The van der Waals surface area contributed by atoms with Crippen LogP contribution in [0.1, 0.15) is 35.5 Å². The molecule has 0 amide bonds. The zero-order chi connectivity index (χ0) is 14.5. The first-order valence-electron chi connectivity index (χ1n) is 7.57. The number of rotatable bonds is 7. The number of benzene rings is 1. The number of hydrogen-bond donors (Lipinski definition) is 1. The molecule has 0 aliphatic heterocycles. The molecule has 1 aromatic heterocycles. The summed E-state index contributed by atoms with van der Waals surface area (Å²) in [4.78, 5) is 1.30. The third-order valence-corrected chi connectivity index (χ3v) is 4.72. The monoisotopic (exact) mass is 299 g/mol. The van der Waals surface area contributed by atoms with Crippen molar-refractivity contribution in [2.24, 2.45) is 0 Å². The van der Waals surface area contributed by atoms with E-state index in [4.69, 9.17) is 4.74 Å². The molecule has 0 fully saturated rings. The molecule has 2 aromatic rings. The molecule has 1 unspecified atom stereocenters. The fourth-order valence-corrected chi connectivity index (χ4v) is 3.46. The predicted molar refractivity (Wildman–Crippen MR) is 90.0 cm³/mol. The summed E-state index contributed by atoms with van der Waals surface area (Å²) in [5.41, 5.74) is 2.62. The van der Waals surface area contributed by atoms with E-state index in [9.17, 15) is 0 Å². The van der Waals surface area contributed by atoms with E-state index in [1.807, 2.05) is 0 Å². The Labute approximate surface area is 130 Å². The van der Waals surface area contributed by atoms with Crippen molar-refractivity contribution >= 4 is 17.4 Å². The Bertz CT molecular complexity index is 604. The summed E-state index contributed by atoms with van der Waals surface area (Å²) in [6, 6.07) is 10.6. The second-order valence-corrected chi connectivity index (χ2v) is 6.17. The Hall–Kier alpha value is -1.58. The number of fused-ring (bicyclic) bond motifs is 1. The van der Waals surface area contributed by atoms with Gasteiger partial charge in [-0.15, -0.1) is 11.3 Å². The molecule has 0 saturated heterocycles. The minimum atomic E-state index is 0.135. The van der Waals surface area contributed by atoms with Crippen LogP contribution in [-0.2, 0) is 6.42 Å². The Kier molecular flexibility index (Phi) is 4.73. The summed E-state index contributed by atoms with van der Waals surface area (Å²) in [6.45, 7) is 4.12. The van der Waals surface area contributed by atoms with Crippen molar-refractivity contribution in [2.75, 3.05) is 13.1 Å². The van der Waals surface area contributed by atoms with Gasteiger partial charge in [-0.1, -0.05) is 37.3 Å². The maximum atomic E-state index is 6.38. The van der Waals surface area contributed by atoms with Crippen molar-refractivity contribution < 1.29 is 4.74 Å². The average Bonchev–Trinajstić information content (AvgIpc) is 3.18. The van der Waals surface area contributed by atoms with Gasteiger partial charge in [-0.2, -0.15) is 0 Å². The molecular weight excluding hydrogens is 278 g/mol. The van der Waals surface area contributed by atoms with Gasteiger partial charge in [0.2, 0.25) is 0 Å². The highest BCUT2D eigenvalue weighted by atomic mass is 32.1. The van der Waals surface area contributed by atoms with Gasteiger partial charge in [-0.25, -0.2) is 0 Å². The van der Waals surface area contributed by atoms with Gasteiger partial charge < -0.3 is 10.1 Å². The fourth-order valence-electron chi connectivity index (χ4n) is 2.67.